The summed E-state index contributed by atoms with van der Waals surface area (Å²) >= 11 is 7.81. The molecule has 1 aromatic carbocycles. The number of benzene rings is 1. The molecule has 112 valence electrons. The summed E-state index contributed by atoms with van der Waals surface area (Å²) in [6, 6.07) is 7.96. The van der Waals surface area contributed by atoms with Gasteiger partial charge < -0.3 is 10.6 Å². The van der Waals surface area contributed by atoms with Gasteiger partial charge in [0.1, 0.15) is 0 Å². The van der Waals surface area contributed by atoms with Crippen molar-refractivity contribution in [3.8, 4) is 0 Å². The summed E-state index contributed by atoms with van der Waals surface area (Å²) in [5.74, 6) is 0.779. The Bertz CT molecular complexity index is 440. The molecular weight excluding hydrogens is 405 g/mol. The molecule has 6 heteroatoms. The van der Waals surface area contributed by atoms with Gasteiger partial charge in [-0.3, -0.25) is 4.99 Å². The lowest BCUT2D eigenvalue weighted by molar-refractivity contribution is 0.810. The molecular formula is C14H21ClIN3S. The molecule has 0 spiro atoms. The fourth-order valence-electron chi connectivity index (χ4n) is 1.62. The molecule has 0 heterocycles. The molecule has 1 atom stereocenters. The Morgan fingerprint density at radius 3 is 2.80 bits per heavy atom. The Morgan fingerprint density at radius 2 is 2.25 bits per heavy atom. The standard InChI is InChI=1S/C14H20ClN3S.HI/c1-4-8-17-14(16-2)18-10-13(19-3)11-6-5-7-12(15)9-11;/h4-7,9,13H,1,8,10H2,2-3H3,(H2,16,17,18);1H. The third kappa shape index (κ3) is 6.85. The molecule has 20 heavy (non-hydrogen) atoms. The van der Waals surface area contributed by atoms with Gasteiger partial charge in [0, 0.05) is 30.4 Å². The lowest BCUT2D eigenvalue weighted by Crippen LogP contribution is -2.38. The Hall–Kier alpha value is -0.400. The zero-order valence-electron chi connectivity index (χ0n) is 11.7. The average molecular weight is 426 g/mol. The molecule has 0 fully saturated rings. The minimum atomic E-state index is 0. The lowest BCUT2D eigenvalue weighted by Gasteiger charge is -2.18. The quantitative estimate of drug-likeness (QED) is 0.316. The molecule has 1 aromatic rings. The number of nitrogens with zero attached hydrogens (tertiary/aromatic N) is 1. The molecule has 0 bridgehead atoms. The van der Waals surface area contributed by atoms with Crippen LogP contribution in [-0.2, 0) is 0 Å². The largest absolute Gasteiger partial charge is 0.355 e. The highest BCUT2D eigenvalue weighted by molar-refractivity contribution is 14.0. The third-order valence-electron chi connectivity index (χ3n) is 2.60. The van der Waals surface area contributed by atoms with E-state index in [4.69, 9.17) is 11.6 Å². The van der Waals surface area contributed by atoms with E-state index in [1.807, 2.05) is 18.2 Å². The average Bonchev–Trinajstić information content (AvgIpc) is 2.43. The topological polar surface area (TPSA) is 36.4 Å². The van der Waals surface area contributed by atoms with Crippen molar-refractivity contribution in [3.63, 3.8) is 0 Å². The number of hydrogen-bond acceptors (Lipinski definition) is 2. The van der Waals surface area contributed by atoms with Gasteiger partial charge in [0.25, 0.3) is 0 Å². The van der Waals surface area contributed by atoms with E-state index in [0.717, 1.165) is 17.5 Å². The highest BCUT2D eigenvalue weighted by Gasteiger charge is 2.11. The van der Waals surface area contributed by atoms with Gasteiger partial charge in [0.05, 0.1) is 0 Å². The van der Waals surface area contributed by atoms with Gasteiger partial charge in [-0.15, -0.1) is 30.6 Å². The van der Waals surface area contributed by atoms with Crippen molar-refractivity contribution < 1.29 is 0 Å². The van der Waals surface area contributed by atoms with Gasteiger partial charge in [-0.05, 0) is 24.0 Å². The number of halogens is 2. The second kappa shape index (κ2) is 11.3. The van der Waals surface area contributed by atoms with Gasteiger partial charge in [0.15, 0.2) is 5.96 Å². The van der Waals surface area contributed by atoms with Crippen molar-refractivity contribution in [2.75, 3.05) is 26.4 Å². The molecule has 3 nitrogen and oxygen atoms in total. The van der Waals surface area contributed by atoms with Crippen LogP contribution in [0.5, 0.6) is 0 Å². The van der Waals surface area contributed by atoms with Crippen LogP contribution < -0.4 is 10.6 Å². The van der Waals surface area contributed by atoms with Crippen LogP contribution in [0.3, 0.4) is 0 Å². The molecule has 0 amide bonds. The van der Waals surface area contributed by atoms with Crippen molar-refractivity contribution in [2.45, 2.75) is 5.25 Å². The maximum absolute atomic E-state index is 6.03. The van der Waals surface area contributed by atoms with Gasteiger partial charge >= 0.3 is 0 Å². The van der Waals surface area contributed by atoms with Gasteiger partial charge in [-0.2, -0.15) is 11.8 Å². The molecule has 0 radical (unpaired) electrons. The van der Waals surface area contributed by atoms with E-state index < -0.39 is 0 Å². The smallest absolute Gasteiger partial charge is 0.191 e. The third-order valence-corrected chi connectivity index (χ3v) is 3.84. The van der Waals surface area contributed by atoms with Crippen molar-refractivity contribution in [3.05, 3.63) is 47.5 Å². The summed E-state index contributed by atoms with van der Waals surface area (Å²) in [6.45, 7) is 5.16. The molecule has 1 unspecified atom stereocenters. The fourth-order valence-corrected chi connectivity index (χ4v) is 2.49. The Morgan fingerprint density at radius 1 is 1.50 bits per heavy atom. The van der Waals surface area contributed by atoms with Crippen LogP contribution in [-0.4, -0.2) is 32.4 Å². The van der Waals surface area contributed by atoms with E-state index in [-0.39, 0.29) is 24.0 Å². The van der Waals surface area contributed by atoms with E-state index in [9.17, 15) is 0 Å². The molecule has 0 saturated heterocycles. The predicted molar refractivity (Wildman–Crippen MR) is 103 cm³/mol. The second-order valence-electron chi connectivity index (χ2n) is 3.90. The summed E-state index contributed by atoms with van der Waals surface area (Å²) in [5, 5.41) is 7.55. The molecule has 0 aliphatic heterocycles. The summed E-state index contributed by atoms with van der Waals surface area (Å²) in [4.78, 5) is 4.15. The number of nitrogens with one attached hydrogen (secondary N) is 2. The first kappa shape index (κ1) is 19.6. The van der Waals surface area contributed by atoms with Crippen LogP contribution in [0.15, 0.2) is 41.9 Å². The first-order valence-electron chi connectivity index (χ1n) is 6.05. The van der Waals surface area contributed by atoms with Crippen LogP contribution in [0.1, 0.15) is 10.8 Å². The number of aliphatic imine (C=N–C) groups is 1. The van der Waals surface area contributed by atoms with Gasteiger partial charge in [-0.1, -0.05) is 29.8 Å². The molecule has 1 rings (SSSR count). The SMILES string of the molecule is C=CCNC(=NC)NCC(SC)c1cccc(Cl)c1.I. The highest BCUT2D eigenvalue weighted by Crippen LogP contribution is 2.27. The van der Waals surface area contributed by atoms with E-state index in [1.54, 1.807) is 24.9 Å². The van der Waals surface area contributed by atoms with Crippen molar-refractivity contribution in [1.29, 1.82) is 0 Å². The van der Waals surface area contributed by atoms with Crippen LogP contribution in [0.4, 0.5) is 0 Å². The maximum atomic E-state index is 6.03. The van der Waals surface area contributed by atoms with Crippen molar-refractivity contribution in [1.82, 2.24) is 10.6 Å². The van der Waals surface area contributed by atoms with E-state index in [0.29, 0.717) is 11.8 Å². The predicted octanol–water partition coefficient (Wildman–Crippen LogP) is 3.71. The number of rotatable bonds is 6. The van der Waals surface area contributed by atoms with Gasteiger partial charge in [-0.25, -0.2) is 0 Å². The van der Waals surface area contributed by atoms with Crippen LogP contribution in [0.25, 0.3) is 0 Å². The Balaban J connectivity index is 0.00000361. The first-order chi connectivity index (χ1) is 9.21. The first-order valence-corrected chi connectivity index (χ1v) is 7.71. The van der Waals surface area contributed by atoms with Crippen LogP contribution in [0, 0.1) is 0 Å². The Labute approximate surface area is 147 Å². The van der Waals surface area contributed by atoms with E-state index in [1.165, 1.54) is 5.56 Å². The van der Waals surface area contributed by atoms with Crippen molar-refractivity contribution in [2.24, 2.45) is 4.99 Å². The highest BCUT2D eigenvalue weighted by atomic mass is 127. The zero-order chi connectivity index (χ0) is 14.1. The molecule has 0 aromatic heterocycles. The molecule has 0 saturated carbocycles. The van der Waals surface area contributed by atoms with Crippen molar-refractivity contribution >= 4 is 53.3 Å². The van der Waals surface area contributed by atoms with E-state index >= 15 is 0 Å². The zero-order valence-corrected chi connectivity index (χ0v) is 15.6. The van der Waals surface area contributed by atoms with E-state index in [2.05, 4.69) is 34.5 Å². The minimum Gasteiger partial charge on any atom is -0.355 e. The van der Waals surface area contributed by atoms with Gasteiger partial charge in [0.2, 0.25) is 0 Å². The lowest BCUT2D eigenvalue weighted by atomic mass is 10.1. The molecule has 0 aliphatic rings. The minimum absolute atomic E-state index is 0. The monoisotopic (exact) mass is 425 g/mol. The number of hydrogen-bond donors (Lipinski definition) is 2. The van der Waals surface area contributed by atoms with Crippen LogP contribution in [0.2, 0.25) is 5.02 Å². The number of guanidine groups is 1. The maximum Gasteiger partial charge on any atom is 0.191 e. The summed E-state index contributed by atoms with van der Waals surface area (Å²) in [6.07, 6.45) is 3.89. The Kier molecular flexibility index (Phi) is 11.1. The summed E-state index contributed by atoms with van der Waals surface area (Å²) in [5.41, 5.74) is 1.21. The normalized spacial score (nSPS) is 12.2. The fraction of sp³-hybridized carbons (Fsp3) is 0.357. The second-order valence-corrected chi connectivity index (χ2v) is 5.38. The summed E-state index contributed by atoms with van der Waals surface area (Å²) < 4.78 is 0. The van der Waals surface area contributed by atoms with Crippen LogP contribution >= 0.6 is 47.3 Å². The molecule has 0 aliphatic carbocycles. The molecule has 2 N–H and O–H groups in total. The summed E-state index contributed by atoms with van der Waals surface area (Å²) in [7, 11) is 1.76. The number of thioether (sulfide) groups is 1.